The summed E-state index contributed by atoms with van der Waals surface area (Å²) in [6, 6.07) is 8.82. The molecule has 1 fully saturated rings. The molecule has 138 valence electrons. The van der Waals surface area contributed by atoms with Crippen LogP contribution >= 0.6 is 0 Å². The maximum absolute atomic E-state index is 12.9. The molecule has 1 aromatic carbocycles. The second-order valence-corrected chi connectivity index (χ2v) is 6.95. The standard InChI is InChI=1S/C19H24N4O3/c1-13-4-5-14(15-6-7-17(24)22-21-15)12-16(13)20-18(25)19(2,3)23-8-10-26-11-9-23/h4-7,12H,8-11H2,1-3H3,(H,20,25)(H,22,24). The summed E-state index contributed by atoms with van der Waals surface area (Å²) in [5, 5.41) is 9.53. The molecule has 2 N–H and O–H groups in total. The van der Waals surface area contributed by atoms with Gasteiger partial charge in [0.05, 0.1) is 24.4 Å². The number of nitrogens with zero attached hydrogens (tertiary/aromatic N) is 2. The van der Waals surface area contributed by atoms with Crippen molar-refractivity contribution in [1.82, 2.24) is 15.1 Å². The number of aromatic nitrogens is 2. The molecule has 1 saturated heterocycles. The largest absolute Gasteiger partial charge is 0.379 e. The van der Waals surface area contributed by atoms with Gasteiger partial charge in [0.15, 0.2) is 0 Å². The second-order valence-electron chi connectivity index (χ2n) is 6.95. The summed E-state index contributed by atoms with van der Waals surface area (Å²) >= 11 is 0. The van der Waals surface area contributed by atoms with Crippen molar-refractivity contribution in [1.29, 1.82) is 0 Å². The molecule has 1 aliphatic rings. The highest BCUT2D eigenvalue weighted by Gasteiger charge is 2.35. The van der Waals surface area contributed by atoms with Crippen LogP contribution in [0, 0.1) is 6.92 Å². The highest BCUT2D eigenvalue weighted by molar-refractivity contribution is 5.98. The number of anilines is 1. The maximum Gasteiger partial charge on any atom is 0.264 e. The number of H-pyrrole nitrogens is 1. The van der Waals surface area contributed by atoms with Crippen LogP contribution in [0.3, 0.4) is 0 Å². The van der Waals surface area contributed by atoms with E-state index in [1.165, 1.54) is 6.07 Å². The molecule has 0 radical (unpaired) electrons. The zero-order valence-electron chi connectivity index (χ0n) is 15.3. The fourth-order valence-electron chi connectivity index (χ4n) is 2.96. The first-order valence-corrected chi connectivity index (χ1v) is 8.69. The van der Waals surface area contributed by atoms with Crippen molar-refractivity contribution >= 4 is 11.6 Å². The fourth-order valence-corrected chi connectivity index (χ4v) is 2.96. The molecule has 0 saturated carbocycles. The predicted molar refractivity (Wildman–Crippen MR) is 100 cm³/mol. The number of rotatable bonds is 4. The van der Waals surface area contributed by atoms with Crippen molar-refractivity contribution in [2.45, 2.75) is 26.3 Å². The van der Waals surface area contributed by atoms with Crippen molar-refractivity contribution in [2.24, 2.45) is 0 Å². The first-order chi connectivity index (χ1) is 12.4. The van der Waals surface area contributed by atoms with Gasteiger partial charge in [-0.25, -0.2) is 5.10 Å². The van der Waals surface area contributed by atoms with E-state index in [-0.39, 0.29) is 11.5 Å². The minimum absolute atomic E-state index is 0.0610. The Kier molecular flexibility index (Phi) is 5.20. The number of hydrogen-bond acceptors (Lipinski definition) is 5. The molecule has 3 rings (SSSR count). The van der Waals surface area contributed by atoms with Crippen LogP contribution in [-0.2, 0) is 9.53 Å². The summed E-state index contributed by atoms with van der Waals surface area (Å²) in [6.07, 6.45) is 0. The third kappa shape index (κ3) is 3.84. The minimum atomic E-state index is -0.636. The van der Waals surface area contributed by atoms with Crippen LogP contribution in [0.2, 0.25) is 0 Å². The quantitative estimate of drug-likeness (QED) is 0.872. The zero-order chi connectivity index (χ0) is 18.7. The average molecular weight is 356 g/mol. The lowest BCUT2D eigenvalue weighted by atomic mass is 10.00. The molecule has 2 aromatic rings. The molecule has 0 bridgehead atoms. The first-order valence-electron chi connectivity index (χ1n) is 8.69. The maximum atomic E-state index is 12.9. The number of morpholine rings is 1. The Labute approximate surface area is 152 Å². The summed E-state index contributed by atoms with van der Waals surface area (Å²) in [7, 11) is 0. The van der Waals surface area contributed by atoms with Crippen LogP contribution in [-0.4, -0.2) is 52.8 Å². The van der Waals surface area contributed by atoms with Crippen molar-refractivity contribution in [3.05, 3.63) is 46.2 Å². The highest BCUT2D eigenvalue weighted by atomic mass is 16.5. The average Bonchev–Trinajstić information content (AvgIpc) is 2.65. The summed E-state index contributed by atoms with van der Waals surface area (Å²) in [5.74, 6) is -0.0610. The van der Waals surface area contributed by atoms with Crippen LogP contribution in [0.25, 0.3) is 11.3 Å². The van der Waals surface area contributed by atoms with Crippen molar-refractivity contribution in [2.75, 3.05) is 31.6 Å². The van der Waals surface area contributed by atoms with E-state index in [1.54, 1.807) is 6.07 Å². The SMILES string of the molecule is Cc1ccc(-c2ccc(=O)[nH]n2)cc1NC(=O)C(C)(C)N1CCOCC1. The Morgan fingerprint density at radius 2 is 1.96 bits per heavy atom. The molecular formula is C19H24N4O3. The van der Waals surface area contributed by atoms with Gasteiger partial charge in [0.1, 0.15) is 0 Å². The third-order valence-corrected chi connectivity index (χ3v) is 4.82. The number of carbonyl (C=O) groups excluding carboxylic acids is 1. The van der Waals surface area contributed by atoms with Crippen LogP contribution < -0.4 is 10.9 Å². The fraction of sp³-hybridized carbons (Fsp3) is 0.421. The van der Waals surface area contributed by atoms with Gasteiger partial charge in [-0.15, -0.1) is 0 Å². The molecule has 0 unspecified atom stereocenters. The van der Waals surface area contributed by atoms with Crippen LogP contribution in [0.4, 0.5) is 5.69 Å². The van der Waals surface area contributed by atoms with E-state index in [9.17, 15) is 9.59 Å². The van der Waals surface area contributed by atoms with E-state index < -0.39 is 5.54 Å². The molecule has 0 spiro atoms. The lowest BCUT2D eigenvalue weighted by molar-refractivity contribution is -0.129. The lowest BCUT2D eigenvalue weighted by Gasteiger charge is -2.39. The summed E-state index contributed by atoms with van der Waals surface area (Å²) in [6.45, 7) is 8.56. The van der Waals surface area contributed by atoms with Gasteiger partial charge in [-0.2, -0.15) is 5.10 Å². The van der Waals surface area contributed by atoms with E-state index in [2.05, 4.69) is 20.4 Å². The molecule has 7 heteroatoms. The Morgan fingerprint density at radius 1 is 1.23 bits per heavy atom. The number of ether oxygens (including phenoxy) is 1. The molecule has 1 aromatic heterocycles. The normalized spacial score (nSPS) is 15.7. The van der Waals surface area contributed by atoms with E-state index in [0.717, 1.165) is 29.9 Å². The number of hydrogen-bond donors (Lipinski definition) is 2. The van der Waals surface area contributed by atoms with Gasteiger partial charge in [-0.3, -0.25) is 14.5 Å². The Balaban J connectivity index is 1.82. The smallest absolute Gasteiger partial charge is 0.264 e. The summed E-state index contributed by atoms with van der Waals surface area (Å²) < 4.78 is 5.38. The van der Waals surface area contributed by atoms with Gasteiger partial charge in [-0.1, -0.05) is 12.1 Å². The third-order valence-electron chi connectivity index (χ3n) is 4.82. The minimum Gasteiger partial charge on any atom is -0.379 e. The van der Waals surface area contributed by atoms with Gasteiger partial charge in [-0.05, 0) is 38.5 Å². The van der Waals surface area contributed by atoms with E-state index in [0.29, 0.717) is 18.9 Å². The number of carbonyl (C=O) groups is 1. The molecule has 1 amide bonds. The predicted octanol–water partition coefficient (Wildman–Crippen LogP) is 1.79. The molecular weight excluding hydrogens is 332 g/mol. The Bertz CT molecular complexity index is 834. The van der Waals surface area contributed by atoms with Crippen LogP contribution in [0.1, 0.15) is 19.4 Å². The molecule has 0 atom stereocenters. The number of benzene rings is 1. The zero-order valence-corrected chi connectivity index (χ0v) is 15.3. The van der Waals surface area contributed by atoms with E-state index >= 15 is 0 Å². The topological polar surface area (TPSA) is 87.3 Å². The van der Waals surface area contributed by atoms with E-state index in [1.807, 2.05) is 39.0 Å². The lowest BCUT2D eigenvalue weighted by Crippen LogP contribution is -2.56. The molecule has 7 nitrogen and oxygen atoms in total. The van der Waals surface area contributed by atoms with Crippen molar-refractivity contribution in [3.63, 3.8) is 0 Å². The second kappa shape index (κ2) is 7.39. The van der Waals surface area contributed by atoms with Crippen molar-refractivity contribution < 1.29 is 9.53 Å². The van der Waals surface area contributed by atoms with Crippen LogP contribution in [0.5, 0.6) is 0 Å². The van der Waals surface area contributed by atoms with Gasteiger partial charge in [0, 0.05) is 30.4 Å². The highest BCUT2D eigenvalue weighted by Crippen LogP contribution is 2.25. The van der Waals surface area contributed by atoms with Gasteiger partial charge in [0.2, 0.25) is 5.91 Å². The van der Waals surface area contributed by atoms with Crippen LogP contribution in [0.15, 0.2) is 35.1 Å². The van der Waals surface area contributed by atoms with Gasteiger partial charge < -0.3 is 10.1 Å². The molecule has 2 heterocycles. The van der Waals surface area contributed by atoms with Crippen molar-refractivity contribution in [3.8, 4) is 11.3 Å². The Morgan fingerprint density at radius 3 is 2.62 bits per heavy atom. The number of aryl methyl sites for hydroxylation is 1. The number of amides is 1. The van der Waals surface area contributed by atoms with E-state index in [4.69, 9.17) is 4.74 Å². The number of aromatic amines is 1. The Hall–Kier alpha value is -2.51. The summed E-state index contributed by atoms with van der Waals surface area (Å²) in [5.41, 5.74) is 2.29. The first kappa shape index (κ1) is 18.3. The molecule has 26 heavy (non-hydrogen) atoms. The molecule has 0 aliphatic carbocycles. The van der Waals surface area contributed by atoms with Gasteiger partial charge in [0.25, 0.3) is 5.56 Å². The number of nitrogens with one attached hydrogen (secondary N) is 2. The summed E-state index contributed by atoms with van der Waals surface area (Å²) in [4.78, 5) is 26.2. The van der Waals surface area contributed by atoms with Gasteiger partial charge >= 0.3 is 0 Å². The molecule has 1 aliphatic heterocycles. The monoisotopic (exact) mass is 356 g/mol.